The topological polar surface area (TPSA) is 76.1 Å². The Morgan fingerprint density at radius 2 is 1.29 bits per heavy atom. The number of fused-ring (bicyclic) bond motifs is 1. The average Bonchev–Trinajstić information content (AvgIpc) is 3.00. The number of rotatable bonds is 6. The lowest BCUT2D eigenvalue weighted by Crippen LogP contribution is -2.32. The standard InChI is InChI=1S/C22H17NO5/c24-21-18-8-4-5-9-19(18)22(25)23(21)27-14-20(28-26)17-12-10-16(11-13-17)15-6-2-1-3-7-15/h1-13,20,26H,14H2. The summed E-state index contributed by atoms with van der Waals surface area (Å²) in [5, 5.41) is 9.98. The molecule has 0 aromatic heterocycles. The number of imide groups is 1. The Morgan fingerprint density at radius 1 is 0.750 bits per heavy atom. The highest BCUT2D eigenvalue weighted by molar-refractivity contribution is 6.20. The highest BCUT2D eigenvalue weighted by Crippen LogP contribution is 2.26. The second-order valence-corrected chi connectivity index (χ2v) is 6.33. The monoisotopic (exact) mass is 375 g/mol. The second kappa shape index (κ2) is 7.74. The lowest BCUT2D eigenvalue weighted by atomic mass is 10.0. The smallest absolute Gasteiger partial charge is 0.266 e. The van der Waals surface area contributed by atoms with Crippen LogP contribution in [0.25, 0.3) is 11.1 Å². The molecule has 0 spiro atoms. The van der Waals surface area contributed by atoms with E-state index in [9.17, 15) is 14.8 Å². The van der Waals surface area contributed by atoms with E-state index in [1.54, 1.807) is 36.4 Å². The van der Waals surface area contributed by atoms with Gasteiger partial charge >= 0.3 is 0 Å². The van der Waals surface area contributed by atoms with Gasteiger partial charge in [-0.05, 0) is 28.8 Å². The summed E-state index contributed by atoms with van der Waals surface area (Å²) in [5.74, 6) is -1.06. The molecule has 140 valence electrons. The highest BCUT2D eigenvalue weighted by atomic mass is 17.1. The van der Waals surface area contributed by atoms with E-state index < -0.39 is 17.9 Å². The molecule has 0 radical (unpaired) electrons. The van der Waals surface area contributed by atoms with Gasteiger partial charge in [-0.3, -0.25) is 19.7 Å². The summed E-state index contributed by atoms with van der Waals surface area (Å²) in [6.07, 6.45) is -0.853. The minimum atomic E-state index is -0.853. The van der Waals surface area contributed by atoms with E-state index in [4.69, 9.17) is 4.84 Å². The average molecular weight is 375 g/mol. The minimum absolute atomic E-state index is 0.202. The van der Waals surface area contributed by atoms with Crippen LogP contribution in [0.2, 0.25) is 0 Å². The number of carbonyl (C=O) groups excluding carboxylic acids is 2. The van der Waals surface area contributed by atoms with E-state index in [1.807, 2.05) is 42.5 Å². The normalized spacial score (nSPS) is 14.2. The van der Waals surface area contributed by atoms with E-state index in [-0.39, 0.29) is 6.61 Å². The number of carbonyl (C=O) groups is 2. The van der Waals surface area contributed by atoms with Crippen LogP contribution in [0, 0.1) is 0 Å². The predicted molar refractivity (Wildman–Crippen MR) is 101 cm³/mol. The first-order valence-corrected chi connectivity index (χ1v) is 8.75. The second-order valence-electron chi connectivity index (χ2n) is 6.33. The van der Waals surface area contributed by atoms with Crippen molar-refractivity contribution in [3.8, 4) is 11.1 Å². The van der Waals surface area contributed by atoms with Crippen LogP contribution in [-0.2, 0) is 9.73 Å². The van der Waals surface area contributed by atoms with Crippen LogP contribution in [0.3, 0.4) is 0 Å². The van der Waals surface area contributed by atoms with Crippen molar-refractivity contribution in [3.63, 3.8) is 0 Å². The molecule has 6 heteroatoms. The Balaban J connectivity index is 1.46. The number of hydrogen-bond donors (Lipinski definition) is 1. The summed E-state index contributed by atoms with van der Waals surface area (Å²) < 4.78 is 0. The van der Waals surface area contributed by atoms with Crippen molar-refractivity contribution in [1.82, 2.24) is 5.06 Å². The fourth-order valence-corrected chi connectivity index (χ4v) is 3.13. The summed E-state index contributed by atoms with van der Waals surface area (Å²) in [5.41, 5.74) is 3.32. The number of amides is 2. The van der Waals surface area contributed by atoms with E-state index in [1.165, 1.54) is 0 Å². The third kappa shape index (κ3) is 3.32. The van der Waals surface area contributed by atoms with E-state index in [0.717, 1.165) is 11.1 Å². The molecule has 28 heavy (non-hydrogen) atoms. The summed E-state index contributed by atoms with van der Waals surface area (Å²) in [6.45, 7) is -0.202. The van der Waals surface area contributed by atoms with Crippen LogP contribution in [0.5, 0.6) is 0 Å². The molecule has 4 rings (SSSR count). The molecule has 0 saturated heterocycles. The molecule has 1 unspecified atom stereocenters. The Labute approximate surface area is 161 Å². The van der Waals surface area contributed by atoms with Crippen molar-refractivity contribution in [2.24, 2.45) is 0 Å². The van der Waals surface area contributed by atoms with Crippen molar-refractivity contribution in [1.29, 1.82) is 0 Å². The van der Waals surface area contributed by atoms with Gasteiger partial charge in [0, 0.05) is 0 Å². The zero-order valence-electron chi connectivity index (χ0n) is 14.8. The number of hydroxylamine groups is 2. The highest BCUT2D eigenvalue weighted by Gasteiger charge is 2.37. The summed E-state index contributed by atoms with van der Waals surface area (Å²) >= 11 is 0. The van der Waals surface area contributed by atoms with Gasteiger partial charge in [0.2, 0.25) is 0 Å². The summed E-state index contributed by atoms with van der Waals surface area (Å²) in [4.78, 5) is 34.5. The van der Waals surface area contributed by atoms with Gasteiger partial charge in [0.15, 0.2) is 0 Å². The van der Waals surface area contributed by atoms with Gasteiger partial charge in [-0.1, -0.05) is 66.7 Å². The fourth-order valence-electron chi connectivity index (χ4n) is 3.13. The third-order valence-electron chi connectivity index (χ3n) is 4.63. The number of benzene rings is 3. The molecular weight excluding hydrogens is 358 g/mol. The zero-order valence-corrected chi connectivity index (χ0v) is 14.8. The third-order valence-corrected chi connectivity index (χ3v) is 4.63. The van der Waals surface area contributed by atoms with Crippen LogP contribution < -0.4 is 0 Å². The lowest BCUT2D eigenvalue weighted by Gasteiger charge is -2.18. The number of nitrogens with zero attached hydrogens (tertiary/aromatic N) is 1. The zero-order chi connectivity index (χ0) is 19.5. The Hall–Kier alpha value is -3.32. The molecule has 1 aliphatic heterocycles. The minimum Gasteiger partial charge on any atom is -0.266 e. The van der Waals surface area contributed by atoms with Crippen LogP contribution in [0.1, 0.15) is 32.4 Å². The molecule has 1 aliphatic rings. The van der Waals surface area contributed by atoms with Crippen molar-refractivity contribution in [3.05, 3.63) is 95.6 Å². The van der Waals surface area contributed by atoms with Gasteiger partial charge in [-0.2, -0.15) is 0 Å². The fraction of sp³-hybridized carbons (Fsp3) is 0.0909. The molecule has 1 heterocycles. The van der Waals surface area contributed by atoms with Gasteiger partial charge in [-0.25, -0.2) is 4.89 Å². The van der Waals surface area contributed by atoms with E-state index in [2.05, 4.69) is 4.89 Å². The van der Waals surface area contributed by atoms with Gasteiger partial charge < -0.3 is 0 Å². The maximum atomic E-state index is 12.3. The number of hydrogen-bond acceptors (Lipinski definition) is 5. The lowest BCUT2D eigenvalue weighted by molar-refractivity contribution is -0.299. The molecule has 0 fully saturated rings. The summed E-state index contributed by atoms with van der Waals surface area (Å²) in [6, 6.07) is 23.8. The molecule has 0 bridgehead atoms. The molecular formula is C22H17NO5. The Kier molecular flexibility index (Phi) is 4.99. The van der Waals surface area contributed by atoms with Crippen LogP contribution in [0.15, 0.2) is 78.9 Å². The molecule has 2 amide bonds. The molecule has 1 N–H and O–H groups in total. The van der Waals surface area contributed by atoms with Crippen molar-refractivity contribution in [2.45, 2.75) is 6.10 Å². The van der Waals surface area contributed by atoms with E-state index in [0.29, 0.717) is 21.8 Å². The quantitative estimate of drug-likeness (QED) is 0.399. The maximum absolute atomic E-state index is 12.3. The molecule has 3 aromatic rings. The van der Waals surface area contributed by atoms with E-state index >= 15 is 0 Å². The van der Waals surface area contributed by atoms with Gasteiger partial charge in [-0.15, -0.1) is 5.06 Å². The SMILES string of the molecule is O=C1c2ccccc2C(=O)N1OCC(OO)c1ccc(-c2ccccc2)cc1. The van der Waals surface area contributed by atoms with Crippen LogP contribution >= 0.6 is 0 Å². The first-order chi connectivity index (χ1) is 13.7. The molecule has 0 saturated carbocycles. The van der Waals surface area contributed by atoms with Gasteiger partial charge in [0.05, 0.1) is 11.1 Å². The molecule has 0 aliphatic carbocycles. The van der Waals surface area contributed by atoms with Crippen LogP contribution in [0.4, 0.5) is 0 Å². The van der Waals surface area contributed by atoms with Crippen molar-refractivity contribution >= 4 is 11.8 Å². The van der Waals surface area contributed by atoms with Crippen molar-refractivity contribution in [2.75, 3.05) is 6.61 Å². The first kappa shape index (κ1) is 18.1. The Morgan fingerprint density at radius 3 is 1.86 bits per heavy atom. The van der Waals surface area contributed by atoms with Gasteiger partial charge in [0.25, 0.3) is 11.8 Å². The van der Waals surface area contributed by atoms with Crippen molar-refractivity contribution < 1.29 is 24.6 Å². The first-order valence-electron chi connectivity index (χ1n) is 8.75. The maximum Gasteiger partial charge on any atom is 0.285 e. The van der Waals surface area contributed by atoms with Crippen LogP contribution in [-0.4, -0.2) is 28.7 Å². The predicted octanol–water partition coefficient (Wildman–Crippen LogP) is 4.11. The Bertz CT molecular complexity index is 966. The molecule has 3 aromatic carbocycles. The van der Waals surface area contributed by atoms with Gasteiger partial charge in [0.1, 0.15) is 12.7 Å². The molecule has 1 atom stereocenters. The largest absolute Gasteiger partial charge is 0.285 e. The molecule has 6 nitrogen and oxygen atoms in total. The summed E-state index contributed by atoms with van der Waals surface area (Å²) in [7, 11) is 0.